The molecule has 1 aromatic carbocycles. The van der Waals surface area contributed by atoms with Crippen LogP contribution < -0.4 is 11.3 Å². The number of fused-ring (bicyclic) bond motifs is 1. The van der Waals surface area contributed by atoms with Crippen LogP contribution in [0, 0.1) is 0 Å². The Bertz CT molecular complexity index is 538. The number of aromatic nitrogens is 1. The average molecular weight is 273 g/mol. The van der Waals surface area contributed by atoms with Crippen LogP contribution in [0.15, 0.2) is 36.5 Å². The second-order valence-corrected chi connectivity index (χ2v) is 4.88. The van der Waals surface area contributed by atoms with Crippen molar-refractivity contribution in [2.45, 2.75) is 38.8 Å². The molecule has 108 valence electrons. The van der Waals surface area contributed by atoms with Crippen molar-refractivity contribution in [3.05, 3.63) is 42.1 Å². The first-order chi connectivity index (χ1) is 9.80. The molecule has 0 saturated carbocycles. The fraction of sp³-hybridized carbons (Fsp3) is 0.438. The fourth-order valence-electron chi connectivity index (χ4n) is 2.55. The van der Waals surface area contributed by atoms with Gasteiger partial charge in [0.05, 0.1) is 17.7 Å². The van der Waals surface area contributed by atoms with Crippen LogP contribution in [0.5, 0.6) is 0 Å². The number of hydrogen-bond acceptors (Lipinski definition) is 4. The van der Waals surface area contributed by atoms with Gasteiger partial charge in [0.1, 0.15) is 0 Å². The summed E-state index contributed by atoms with van der Waals surface area (Å²) < 4.78 is 5.84. The highest BCUT2D eigenvalue weighted by Gasteiger charge is 2.22. The van der Waals surface area contributed by atoms with Crippen molar-refractivity contribution >= 4 is 10.9 Å². The highest BCUT2D eigenvalue weighted by atomic mass is 16.5. The summed E-state index contributed by atoms with van der Waals surface area (Å²) in [5.41, 5.74) is 5.04. The molecule has 4 nitrogen and oxygen atoms in total. The lowest BCUT2D eigenvalue weighted by Gasteiger charge is -2.26. The first-order valence-corrected chi connectivity index (χ1v) is 7.22. The largest absolute Gasteiger partial charge is 0.376 e. The summed E-state index contributed by atoms with van der Waals surface area (Å²) in [6.07, 6.45) is 3.94. The third kappa shape index (κ3) is 3.33. The van der Waals surface area contributed by atoms with Crippen molar-refractivity contribution < 1.29 is 4.74 Å². The van der Waals surface area contributed by atoms with E-state index in [2.05, 4.69) is 35.5 Å². The number of pyridine rings is 1. The van der Waals surface area contributed by atoms with Gasteiger partial charge in [-0.3, -0.25) is 16.3 Å². The first-order valence-electron chi connectivity index (χ1n) is 7.22. The van der Waals surface area contributed by atoms with Crippen LogP contribution in [0.2, 0.25) is 0 Å². The van der Waals surface area contributed by atoms with E-state index < -0.39 is 0 Å². The van der Waals surface area contributed by atoms with Crippen molar-refractivity contribution in [1.29, 1.82) is 0 Å². The Kier molecular flexibility index (Phi) is 5.47. The molecule has 0 amide bonds. The van der Waals surface area contributed by atoms with E-state index in [0.29, 0.717) is 6.61 Å². The number of hydrogen-bond donors (Lipinski definition) is 2. The standard InChI is InChI=1S/C16H23N3O/c1-3-6-15(20-4-2)16(19-17)13-8-9-14-12(11-13)7-5-10-18-14/h5,7-11,15-16,19H,3-4,6,17H2,1-2H3. The van der Waals surface area contributed by atoms with Crippen molar-refractivity contribution in [3.8, 4) is 0 Å². The average Bonchev–Trinajstić information content (AvgIpc) is 2.48. The Morgan fingerprint density at radius 3 is 2.85 bits per heavy atom. The van der Waals surface area contributed by atoms with Gasteiger partial charge < -0.3 is 4.74 Å². The highest BCUT2D eigenvalue weighted by molar-refractivity contribution is 5.79. The van der Waals surface area contributed by atoms with Crippen LogP contribution in [-0.2, 0) is 4.74 Å². The number of hydrazine groups is 1. The molecule has 0 radical (unpaired) electrons. The molecule has 0 saturated heterocycles. The van der Waals surface area contributed by atoms with Gasteiger partial charge in [-0.05, 0) is 37.1 Å². The lowest BCUT2D eigenvalue weighted by atomic mass is 9.97. The molecule has 0 bridgehead atoms. The minimum atomic E-state index is -0.000457. The SMILES string of the molecule is CCCC(OCC)C(NN)c1ccc2ncccc2c1. The fourth-order valence-corrected chi connectivity index (χ4v) is 2.55. The molecule has 2 unspecified atom stereocenters. The Morgan fingerprint density at radius 2 is 2.15 bits per heavy atom. The molecule has 2 atom stereocenters. The summed E-state index contributed by atoms with van der Waals surface area (Å²) in [4.78, 5) is 4.34. The summed E-state index contributed by atoms with van der Waals surface area (Å²) >= 11 is 0. The Balaban J connectivity index is 2.31. The van der Waals surface area contributed by atoms with E-state index in [1.54, 1.807) is 6.20 Å². The number of rotatable bonds is 7. The number of benzene rings is 1. The van der Waals surface area contributed by atoms with E-state index >= 15 is 0 Å². The zero-order chi connectivity index (χ0) is 14.4. The molecule has 0 spiro atoms. The predicted octanol–water partition coefficient (Wildman–Crippen LogP) is 2.94. The molecule has 3 N–H and O–H groups in total. The Hall–Kier alpha value is -1.49. The summed E-state index contributed by atoms with van der Waals surface area (Å²) in [7, 11) is 0. The van der Waals surface area contributed by atoms with E-state index in [-0.39, 0.29) is 12.1 Å². The van der Waals surface area contributed by atoms with Crippen molar-refractivity contribution in [2.75, 3.05) is 6.61 Å². The molecule has 20 heavy (non-hydrogen) atoms. The first kappa shape index (κ1) is 14.9. The summed E-state index contributed by atoms with van der Waals surface area (Å²) in [6, 6.07) is 10.2. The second-order valence-electron chi connectivity index (χ2n) is 4.88. The van der Waals surface area contributed by atoms with Crippen LogP contribution in [0.1, 0.15) is 38.3 Å². The summed E-state index contributed by atoms with van der Waals surface area (Å²) in [5.74, 6) is 5.76. The second kappa shape index (κ2) is 7.33. The maximum Gasteiger partial charge on any atom is 0.0782 e. The van der Waals surface area contributed by atoms with Gasteiger partial charge in [-0.2, -0.15) is 0 Å². The van der Waals surface area contributed by atoms with E-state index in [1.807, 2.05) is 19.1 Å². The minimum Gasteiger partial charge on any atom is -0.376 e. The van der Waals surface area contributed by atoms with E-state index in [0.717, 1.165) is 29.3 Å². The summed E-state index contributed by atoms with van der Waals surface area (Å²) in [6.45, 7) is 4.86. The smallest absolute Gasteiger partial charge is 0.0782 e. The van der Waals surface area contributed by atoms with Crippen LogP contribution in [0.3, 0.4) is 0 Å². The molecular formula is C16H23N3O. The molecule has 1 heterocycles. The monoisotopic (exact) mass is 273 g/mol. The molecule has 0 aliphatic rings. The van der Waals surface area contributed by atoms with Gasteiger partial charge in [0.25, 0.3) is 0 Å². The number of nitrogens with two attached hydrogens (primary N) is 1. The van der Waals surface area contributed by atoms with Gasteiger partial charge in [0.2, 0.25) is 0 Å². The molecule has 2 rings (SSSR count). The van der Waals surface area contributed by atoms with Crippen LogP contribution >= 0.6 is 0 Å². The summed E-state index contributed by atoms with van der Waals surface area (Å²) in [5, 5.41) is 1.12. The third-order valence-electron chi connectivity index (χ3n) is 3.49. The molecule has 4 heteroatoms. The molecule has 0 fully saturated rings. The van der Waals surface area contributed by atoms with Gasteiger partial charge in [0, 0.05) is 18.2 Å². The van der Waals surface area contributed by atoms with Crippen LogP contribution in [-0.4, -0.2) is 17.7 Å². The Labute approximate surface area is 120 Å². The minimum absolute atomic E-state index is 0.000457. The molecule has 0 aliphatic heterocycles. The molecule has 0 aliphatic carbocycles. The Morgan fingerprint density at radius 1 is 1.30 bits per heavy atom. The van der Waals surface area contributed by atoms with Crippen molar-refractivity contribution in [2.24, 2.45) is 5.84 Å². The van der Waals surface area contributed by atoms with Crippen LogP contribution in [0.25, 0.3) is 10.9 Å². The highest BCUT2D eigenvalue weighted by Crippen LogP contribution is 2.25. The third-order valence-corrected chi connectivity index (χ3v) is 3.49. The van der Waals surface area contributed by atoms with Crippen molar-refractivity contribution in [1.82, 2.24) is 10.4 Å². The van der Waals surface area contributed by atoms with Gasteiger partial charge in [-0.1, -0.05) is 25.5 Å². The van der Waals surface area contributed by atoms with Gasteiger partial charge in [0.15, 0.2) is 0 Å². The van der Waals surface area contributed by atoms with E-state index in [4.69, 9.17) is 10.6 Å². The lowest BCUT2D eigenvalue weighted by Crippen LogP contribution is -2.38. The molecule has 2 aromatic rings. The zero-order valence-corrected chi connectivity index (χ0v) is 12.2. The van der Waals surface area contributed by atoms with Crippen LogP contribution in [0.4, 0.5) is 0 Å². The number of nitrogens with zero attached hydrogens (tertiary/aromatic N) is 1. The maximum atomic E-state index is 5.84. The molecular weight excluding hydrogens is 250 g/mol. The quantitative estimate of drug-likeness (QED) is 0.601. The molecule has 1 aromatic heterocycles. The lowest BCUT2D eigenvalue weighted by molar-refractivity contribution is 0.0276. The van der Waals surface area contributed by atoms with Crippen molar-refractivity contribution in [3.63, 3.8) is 0 Å². The predicted molar refractivity (Wildman–Crippen MR) is 82.1 cm³/mol. The topological polar surface area (TPSA) is 60.2 Å². The van der Waals surface area contributed by atoms with Gasteiger partial charge >= 0.3 is 0 Å². The van der Waals surface area contributed by atoms with Gasteiger partial charge in [-0.15, -0.1) is 0 Å². The number of ether oxygens (including phenoxy) is 1. The normalized spacial score (nSPS) is 14.3. The zero-order valence-electron chi connectivity index (χ0n) is 12.2. The van der Waals surface area contributed by atoms with E-state index in [9.17, 15) is 0 Å². The van der Waals surface area contributed by atoms with Gasteiger partial charge in [-0.25, -0.2) is 0 Å². The maximum absolute atomic E-state index is 5.84. The van der Waals surface area contributed by atoms with E-state index in [1.165, 1.54) is 0 Å². The number of nitrogens with one attached hydrogen (secondary N) is 1.